The second-order valence-electron chi connectivity index (χ2n) is 10.2. The van der Waals surface area contributed by atoms with Crippen molar-refractivity contribution in [1.29, 1.82) is 0 Å². The molecular formula is C26H36N4O7S. The largest absolute Gasteiger partial charge is 0.457 e. The number of aromatic nitrogens is 2. The van der Waals surface area contributed by atoms with Crippen LogP contribution >= 0.6 is 0 Å². The Morgan fingerprint density at radius 3 is 2.50 bits per heavy atom. The van der Waals surface area contributed by atoms with Crippen LogP contribution in [0.4, 0.5) is 0 Å². The fourth-order valence-corrected chi connectivity index (χ4v) is 4.82. The van der Waals surface area contributed by atoms with Crippen LogP contribution in [-0.2, 0) is 30.0 Å². The number of nitrogens with zero attached hydrogens (tertiary/aromatic N) is 4. The van der Waals surface area contributed by atoms with E-state index < -0.39 is 27.5 Å². The molecule has 0 amide bonds. The smallest absolute Gasteiger partial charge is 0.347 e. The van der Waals surface area contributed by atoms with E-state index in [9.17, 15) is 19.1 Å². The molecule has 0 aliphatic heterocycles. The zero-order valence-electron chi connectivity index (χ0n) is 22.4. The molecular weight excluding hydrogens is 512 g/mol. The van der Waals surface area contributed by atoms with Crippen molar-refractivity contribution < 1.29 is 28.5 Å². The number of carbonyl (C=O) groups is 1. The van der Waals surface area contributed by atoms with E-state index >= 15 is 0 Å². The normalized spacial score (nSPS) is 15.6. The van der Waals surface area contributed by atoms with Crippen LogP contribution < -0.4 is 0 Å². The molecule has 208 valence electrons. The quantitative estimate of drug-likeness (QED) is 0.121. The average Bonchev–Trinajstić information content (AvgIpc) is 3.30. The Bertz CT molecular complexity index is 1150. The minimum absolute atomic E-state index is 0.107. The predicted molar refractivity (Wildman–Crippen MR) is 143 cm³/mol. The summed E-state index contributed by atoms with van der Waals surface area (Å²) < 4.78 is 19.2. The Labute approximate surface area is 225 Å². The summed E-state index contributed by atoms with van der Waals surface area (Å²) in [5.41, 5.74) is 2.16. The highest BCUT2D eigenvalue weighted by molar-refractivity contribution is 7.84. The maximum atomic E-state index is 12.1. The number of carbonyl (C=O) groups excluding carboxylic acids is 1. The first-order valence-corrected chi connectivity index (χ1v) is 14.3. The van der Waals surface area contributed by atoms with Gasteiger partial charge in [0.2, 0.25) is 6.61 Å². The number of hydrogen-bond donors (Lipinski definition) is 0. The van der Waals surface area contributed by atoms with Crippen LogP contribution in [0.2, 0.25) is 0 Å². The standard InChI is InChI=1S/C26H36N4O7S/c1-26(2,3)37-25(31)18-35-28-22(11-8-16-36-30(32)33)23-17-24(19-12-14-21(15-13-19)38(4)34)29(27-23)20-9-6-5-7-10-20/h12-15,17,20H,5-11,16,18H2,1-4H3/b28-22-. The van der Waals surface area contributed by atoms with Gasteiger partial charge in [0.15, 0.2) is 0 Å². The van der Waals surface area contributed by atoms with Gasteiger partial charge in [0, 0.05) is 22.0 Å². The summed E-state index contributed by atoms with van der Waals surface area (Å²) in [6.45, 7) is 4.80. The Kier molecular flexibility index (Phi) is 10.4. The molecule has 1 saturated carbocycles. The molecule has 11 nitrogen and oxygen atoms in total. The second-order valence-corrected chi connectivity index (χ2v) is 11.6. The van der Waals surface area contributed by atoms with E-state index in [2.05, 4.69) is 9.99 Å². The molecule has 1 atom stereocenters. The topological polar surface area (TPSA) is 135 Å². The molecule has 1 unspecified atom stereocenters. The summed E-state index contributed by atoms with van der Waals surface area (Å²) in [5.74, 6) is -0.556. The average molecular weight is 549 g/mol. The number of ether oxygens (including phenoxy) is 1. The van der Waals surface area contributed by atoms with Gasteiger partial charge in [0.1, 0.15) is 17.0 Å². The number of esters is 1. The predicted octanol–water partition coefficient (Wildman–Crippen LogP) is 4.84. The number of benzene rings is 1. The minimum Gasteiger partial charge on any atom is -0.457 e. The molecule has 1 aromatic carbocycles. The van der Waals surface area contributed by atoms with E-state index in [-0.39, 0.29) is 25.7 Å². The van der Waals surface area contributed by atoms with Crippen molar-refractivity contribution in [2.24, 2.45) is 5.16 Å². The van der Waals surface area contributed by atoms with Crippen molar-refractivity contribution >= 4 is 22.5 Å². The van der Waals surface area contributed by atoms with Gasteiger partial charge in [-0.15, -0.1) is 10.1 Å². The van der Waals surface area contributed by atoms with Gasteiger partial charge in [-0.25, -0.2) is 4.79 Å². The molecule has 1 aliphatic rings. The minimum atomic E-state index is -1.08. The first-order chi connectivity index (χ1) is 18.0. The third-order valence-electron chi connectivity index (χ3n) is 5.97. The first-order valence-electron chi connectivity index (χ1n) is 12.8. The third kappa shape index (κ3) is 8.93. The van der Waals surface area contributed by atoms with Crippen LogP contribution in [0.15, 0.2) is 40.4 Å². The van der Waals surface area contributed by atoms with E-state index in [0.29, 0.717) is 17.8 Å². The van der Waals surface area contributed by atoms with Gasteiger partial charge in [0.25, 0.3) is 5.09 Å². The Morgan fingerprint density at radius 2 is 1.89 bits per heavy atom. The summed E-state index contributed by atoms with van der Waals surface area (Å²) in [6.07, 6.45) is 7.67. The van der Waals surface area contributed by atoms with Crippen LogP contribution in [0.5, 0.6) is 0 Å². The summed E-state index contributed by atoms with van der Waals surface area (Å²) in [5, 5.41) is 18.8. The van der Waals surface area contributed by atoms with Gasteiger partial charge >= 0.3 is 5.97 Å². The van der Waals surface area contributed by atoms with Crippen molar-refractivity contribution in [3.8, 4) is 11.3 Å². The zero-order chi connectivity index (χ0) is 27.7. The number of rotatable bonds is 12. The van der Waals surface area contributed by atoms with E-state index in [1.807, 2.05) is 35.0 Å². The van der Waals surface area contributed by atoms with Gasteiger partial charge in [-0.05, 0) is 70.2 Å². The van der Waals surface area contributed by atoms with E-state index in [0.717, 1.165) is 41.8 Å². The molecule has 1 aliphatic carbocycles. The van der Waals surface area contributed by atoms with Crippen molar-refractivity contribution in [2.75, 3.05) is 19.5 Å². The number of hydrogen-bond acceptors (Lipinski definition) is 9. The second kappa shape index (κ2) is 13.5. The first kappa shape index (κ1) is 29.3. The molecule has 0 spiro atoms. The molecule has 1 aromatic heterocycles. The van der Waals surface area contributed by atoms with Gasteiger partial charge in [-0.3, -0.25) is 8.89 Å². The Hall–Kier alpha value is -3.28. The fourth-order valence-electron chi connectivity index (χ4n) is 4.31. The summed E-state index contributed by atoms with van der Waals surface area (Å²) in [7, 11) is -1.08. The zero-order valence-corrected chi connectivity index (χ0v) is 23.2. The van der Waals surface area contributed by atoms with Crippen molar-refractivity contribution in [3.05, 3.63) is 46.1 Å². The van der Waals surface area contributed by atoms with E-state index in [4.69, 9.17) is 14.7 Å². The monoisotopic (exact) mass is 548 g/mol. The van der Waals surface area contributed by atoms with Crippen LogP contribution in [0.3, 0.4) is 0 Å². The SMILES string of the molecule is CS(=O)c1ccc(-c2cc(/C(CCCO[N+](=O)[O-])=N\OCC(=O)OC(C)(C)C)nn2C2CCCCC2)cc1. The summed E-state index contributed by atoms with van der Waals surface area (Å²) >= 11 is 0. The molecule has 1 fully saturated rings. The Morgan fingerprint density at radius 1 is 1.21 bits per heavy atom. The molecule has 0 radical (unpaired) electrons. The molecule has 1 heterocycles. The van der Waals surface area contributed by atoms with Crippen molar-refractivity contribution in [1.82, 2.24) is 9.78 Å². The molecule has 0 bridgehead atoms. The van der Waals surface area contributed by atoms with Crippen LogP contribution in [0, 0.1) is 10.1 Å². The Balaban J connectivity index is 1.91. The van der Waals surface area contributed by atoms with E-state index in [1.54, 1.807) is 27.0 Å². The lowest BCUT2D eigenvalue weighted by Gasteiger charge is -2.24. The molecule has 2 aromatic rings. The van der Waals surface area contributed by atoms with Crippen LogP contribution in [0.25, 0.3) is 11.3 Å². The molecule has 3 rings (SSSR count). The van der Waals surface area contributed by atoms with Gasteiger partial charge in [-0.2, -0.15) is 5.10 Å². The number of oxime groups is 1. The third-order valence-corrected chi connectivity index (χ3v) is 6.90. The highest BCUT2D eigenvalue weighted by Gasteiger charge is 2.23. The highest BCUT2D eigenvalue weighted by Crippen LogP contribution is 2.33. The van der Waals surface area contributed by atoms with Gasteiger partial charge < -0.3 is 14.4 Å². The molecule has 12 heteroatoms. The molecule has 38 heavy (non-hydrogen) atoms. The van der Waals surface area contributed by atoms with E-state index in [1.165, 1.54) is 6.42 Å². The van der Waals surface area contributed by atoms with Crippen molar-refractivity contribution in [2.45, 2.75) is 82.3 Å². The lowest BCUT2D eigenvalue weighted by molar-refractivity contribution is -0.757. The van der Waals surface area contributed by atoms with Gasteiger partial charge in [0.05, 0.1) is 18.3 Å². The lowest BCUT2D eigenvalue weighted by Crippen LogP contribution is -2.26. The van der Waals surface area contributed by atoms with Crippen LogP contribution in [-0.4, -0.2) is 55.8 Å². The van der Waals surface area contributed by atoms with Crippen LogP contribution in [0.1, 0.15) is 77.5 Å². The lowest BCUT2D eigenvalue weighted by atomic mass is 9.95. The fraction of sp³-hybridized carbons (Fsp3) is 0.577. The summed E-state index contributed by atoms with van der Waals surface area (Å²) in [4.78, 5) is 33.2. The molecule has 0 saturated heterocycles. The van der Waals surface area contributed by atoms with Crippen molar-refractivity contribution in [3.63, 3.8) is 0 Å². The summed E-state index contributed by atoms with van der Waals surface area (Å²) in [6, 6.07) is 9.68. The highest BCUT2D eigenvalue weighted by atomic mass is 32.2. The molecule has 0 N–H and O–H groups in total. The maximum Gasteiger partial charge on any atom is 0.347 e. The van der Waals surface area contributed by atoms with Gasteiger partial charge in [-0.1, -0.05) is 36.6 Å². The maximum absolute atomic E-state index is 12.1.